The van der Waals surface area contributed by atoms with Crippen LogP contribution < -0.4 is 5.32 Å². The smallest absolute Gasteiger partial charge is 0.407 e. The molecule has 0 aliphatic carbocycles. The molecule has 0 aromatic carbocycles. The Morgan fingerprint density at radius 1 is 0.517 bits per heavy atom. The van der Waals surface area contributed by atoms with E-state index in [0.717, 1.165) is 77.0 Å². The second-order valence-electron chi connectivity index (χ2n) is 15.7. The molecular formula is C46H85NO10S. The zero-order valence-corrected chi connectivity index (χ0v) is 37.7. The van der Waals surface area contributed by atoms with Crippen molar-refractivity contribution in [2.45, 2.75) is 225 Å². The molecular weight excluding hydrogens is 759 g/mol. The van der Waals surface area contributed by atoms with Crippen molar-refractivity contribution in [2.75, 3.05) is 26.4 Å². The van der Waals surface area contributed by atoms with Crippen LogP contribution in [0.5, 0.6) is 0 Å². The van der Waals surface area contributed by atoms with Gasteiger partial charge in [0.15, 0.2) is 6.10 Å². The quantitative estimate of drug-likeness (QED) is 0.0199. The van der Waals surface area contributed by atoms with E-state index in [1.807, 2.05) is 0 Å². The summed E-state index contributed by atoms with van der Waals surface area (Å²) in [5.41, 5.74) is 0. The minimum Gasteiger partial charge on any atom is -0.462 e. The molecule has 340 valence electrons. The number of allylic oxidation sites excluding steroid dienone is 4. The Bertz CT molecular complexity index is 1070. The van der Waals surface area contributed by atoms with Crippen molar-refractivity contribution in [3.8, 4) is 0 Å². The summed E-state index contributed by atoms with van der Waals surface area (Å²) in [5.74, 6) is -0.742. The highest BCUT2D eigenvalue weighted by Gasteiger charge is 2.19. The van der Waals surface area contributed by atoms with Crippen molar-refractivity contribution in [2.24, 2.45) is 0 Å². The van der Waals surface area contributed by atoms with E-state index in [0.29, 0.717) is 32.2 Å². The van der Waals surface area contributed by atoms with Crippen molar-refractivity contribution in [1.82, 2.24) is 5.32 Å². The monoisotopic (exact) mass is 844 g/mol. The van der Waals surface area contributed by atoms with E-state index in [-0.39, 0.29) is 44.6 Å². The molecule has 0 aliphatic rings. The van der Waals surface area contributed by atoms with Gasteiger partial charge in [-0.2, -0.15) is 8.42 Å². The molecule has 2 N–H and O–H groups in total. The Labute approximate surface area is 354 Å². The van der Waals surface area contributed by atoms with Crippen LogP contribution in [0.1, 0.15) is 219 Å². The van der Waals surface area contributed by atoms with E-state index in [1.54, 1.807) is 0 Å². The Kier molecular flexibility index (Phi) is 40.9. The second kappa shape index (κ2) is 42.7. The SMILES string of the molecule is CCCCCCCC/C=C\CCCCCCCC(=O)OCC(COC(=O)CCCCCCC/C=C\CCCCCCCC)OC(=O)NCCCCCCOS(=O)(=O)O. The molecule has 0 saturated carbocycles. The lowest BCUT2D eigenvalue weighted by Crippen LogP contribution is -2.35. The summed E-state index contributed by atoms with van der Waals surface area (Å²) >= 11 is 0. The van der Waals surface area contributed by atoms with Crippen molar-refractivity contribution in [3.05, 3.63) is 24.3 Å². The fraction of sp³-hybridized carbons (Fsp3) is 0.848. The van der Waals surface area contributed by atoms with Gasteiger partial charge in [-0.25, -0.2) is 8.98 Å². The van der Waals surface area contributed by atoms with Gasteiger partial charge < -0.3 is 19.5 Å². The fourth-order valence-corrected chi connectivity index (χ4v) is 6.77. The number of carbonyl (C=O) groups excluding carboxylic acids is 3. The molecule has 1 amide bonds. The number of unbranched alkanes of at least 4 members (excludes halogenated alkanes) is 25. The minimum atomic E-state index is -4.44. The van der Waals surface area contributed by atoms with Gasteiger partial charge in [0.1, 0.15) is 13.2 Å². The van der Waals surface area contributed by atoms with Gasteiger partial charge in [-0.05, 0) is 77.0 Å². The molecule has 58 heavy (non-hydrogen) atoms. The first-order valence-electron chi connectivity index (χ1n) is 23.4. The number of hydrogen-bond acceptors (Lipinski definition) is 9. The summed E-state index contributed by atoms with van der Waals surface area (Å²) < 4.78 is 50.5. The molecule has 0 bridgehead atoms. The van der Waals surface area contributed by atoms with E-state index < -0.39 is 22.6 Å². The molecule has 0 aliphatic heterocycles. The predicted octanol–water partition coefficient (Wildman–Crippen LogP) is 12.6. The van der Waals surface area contributed by atoms with Gasteiger partial charge >= 0.3 is 28.4 Å². The maximum absolute atomic E-state index is 12.5. The third-order valence-corrected chi connectivity index (χ3v) is 10.5. The predicted molar refractivity (Wildman–Crippen MR) is 235 cm³/mol. The first kappa shape index (κ1) is 55.6. The molecule has 0 aromatic rings. The second-order valence-corrected chi connectivity index (χ2v) is 16.7. The molecule has 0 atom stereocenters. The summed E-state index contributed by atoms with van der Waals surface area (Å²) in [6.45, 7) is 4.29. The van der Waals surface area contributed by atoms with Gasteiger partial charge in [0.2, 0.25) is 0 Å². The summed E-state index contributed by atoms with van der Waals surface area (Å²) in [5, 5.41) is 2.65. The third kappa shape index (κ3) is 44.7. The van der Waals surface area contributed by atoms with Crippen molar-refractivity contribution in [1.29, 1.82) is 0 Å². The zero-order valence-electron chi connectivity index (χ0n) is 36.9. The van der Waals surface area contributed by atoms with Crippen molar-refractivity contribution in [3.63, 3.8) is 0 Å². The standard InChI is InChI=1S/C46H85NO10S/c1-3-5-7-9-11-13-15-17-19-21-23-25-27-29-33-37-44(48)54-41-43(57-46(50)47-39-35-31-32-36-40-56-58(51,52)53)42-55-45(49)38-34-30-28-26-24-22-20-18-16-14-12-10-8-6-4-2/h17-20,43H,3-16,21-42H2,1-2H3,(H,47,50)(H,51,52,53)/b19-17-,20-18-. The van der Waals surface area contributed by atoms with Crippen LogP contribution >= 0.6 is 0 Å². The highest BCUT2D eigenvalue weighted by molar-refractivity contribution is 7.80. The first-order chi connectivity index (χ1) is 28.2. The average molecular weight is 844 g/mol. The van der Waals surface area contributed by atoms with E-state index in [4.69, 9.17) is 18.8 Å². The van der Waals surface area contributed by atoms with Crippen LogP contribution in [0.15, 0.2) is 24.3 Å². The molecule has 0 aromatic heterocycles. The van der Waals surface area contributed by atoms with Gasteiger partial charge in [-0.1, -0.05) is 154 Å². The number of amides is 1. The zero-order chi connectivity index (χ0) is 42.6. The molecule has 0 spiro atoms. The van der Waals surface area contributed by atoms with E-state index >= 15 is 0 Å². The van der Waals surface area contributed by atoms with Gasteiger partial charge in [-0.3, -0.25) is 14.1 Å². The number of ether oxygens (including phenoxy) is 3. The summed E-state index contributed by atoms with van der Waals surface area (Å²) in [7, 11) is -4.44. The minimum absolute atomic E-state index is 0.109. The number of hydrogen-bond donors (Lipinski definition) is 2. The van der Waals surface area contributed by atoms with Crippen molar-refractivity contribution >= 4 is 28.4 Å². The van der Waals surface area contributed by atoms with Crippen LogP contribution in [-0.4, -0.2) is 63.5 Å². The lowest BCUT2D eigenvalue weighted by atomic mass is 10.1. The molecule has 0 heterocycles. The van der Waals surface area contributed by atoms with E-state index in [1.165, 1.54) is 89.9 Å². The van der Waals surface area contributed by atoms with Crippen LogP contribution in [0.2, 0.25) is 0 Å². The Morgan fingerprint density at radius 3 is 1.29 bits per heavy atom. The van der Waals surface area contributed by atoms with Crippen LogP contribution in [0.25, 0.3) is 0 Å². The highest BCUT2D eigenvalue weighted by atomic mass is 32.3. The molecule has 0 saturated heterocycles. The van der Waals surface area contributed by atoms with Gasteiger partial charge in [-0.15, -0.1) is 0 Å². The van der Waals surface area contributed by atoms with Gasteiger partial charge in [0, 0.05) is 19.4 Å². The van der Waals surface area contributed by atoms with Crippen LogP contribution in [-0.2, 0) is 38.4 Å². The fourth-order valence-electron chi connectivity index (χ4n) is 6.44. The molecule has 0 unspecified atom stereocenters. The maximum Gasteiger partial charge on any atom is 0.407 e. The topological polar surface area (TPSA) is 155 Å². The summed E-state index contributed by atoms with van der Waals surface area (Å²) in [6, 6.07) is 0. The number of esters is 2. The summed E-state index contributed by atoms with van der Waals surface area (Å²) in [6.07, 6.45) is 41.0. The lowest BCUT2D eigenvalue weighted by molar-refractivity contribution is -0.152. The number of carbonyl (C=O) groups is 3. The van der Waals surface area contributed by atoms with Crippen LogP contribution in [0, 0.1) is 0 Å². The number of rotatable bonds is 43. The average Bonchev–Trinajstić information content (AvgIpc) is 3.19. The summed E-state index contributed by atoms with van der Waals surface area (Å²) in [4.78, 5) is 37.5. The number of nitrogens with one attached hydrogen (secondary N) is 1. The molecule has 0 fully saturated rings. The Balaban J connectivity index is 4.36. The van der Waals surface area contributed by atoms with Crippen molar-refractivity contribution < 1.29 is 45.7 Å². The molecule has 11 nitrogen and oxygen atoms in total. The lowest BCUT2D eigenvalue weighted by Gasteiger charge is -2.18. The maximum atomic E-state index is 12.5. The molecule has 0 rings (SSSR count). The van der Waals surface area contributed by atoms with Gasteiger partial charge in [0.05, 0.1) is 6.61 Å². The highest BCUT2D eigenvalue weighted by Crippen LogP contribution is 2.13. The largest absolute Gasteiger partial charge is 0.462 e. The Hall–Kier alpha value is -2.44. The normalized spacial score (nSPS) is 11.9. The molecule has 0 radical (unpaired) electrons. The van der Waals surface area contributed by atoms with E-state index in [2.05, 4.69) is 47.7 Å². The molecule has 12 heteroatoms. The first-order valence-corrected chi connectivity index (χ1v) is 24.7. The van der Waals surface area contributed by atoms with E-state index in [9.17, 15) is 22.8 Å². The third-order valence-electron chi connectivity index (χ3n) is 9.99. The van der Waals surface area contributed by atoms with Gasteiger partial charge in [0.25, 0.3) is 0 Å². The van der Waals surface area contributed by atoms with Crippen LogP contribution in [0.3, 0.4) is 0 Å². The Morgan fingerprint density at radius 2 is 0.879 bits per heavy atom. The van der Waals surface area contributed by atoms with Crippen LogP contribution in [0.4, 0.5) is 4.79 Å². The number of alkyl carbamates (subject to hydrolysis) is 1.